The molecule has 0 aliphatic carbocycles. The highest BCUT2D eigenvalue weighted by Crippen LogP contribution is 2.32. The van der Waals surface area contributed by atoms with Crippen LogP contribution in [0.5, 0.6) is 0 Å². The Morgan fingerprint density at radius 1 is 1.21 bits per heavy atom. The molecule has 1 fully saturated rings. The molecular weight excluding hydrogens is 243 g/mol. The Labute approximate surface area is 118 Å². The quantitative estimate of drug-likeness (QED) is 0.504. The fourth-order valence-electron chi connectivity index (χ4n) is 2.44. The van der Waals surface area contributed by atoms with Crippen molar-refractivity contribution in [3.63, 3.8) is 0 Å². The number of unbranched alkanes of at least 4 members (excludes halogenated alkanes) is 2. The van der Waals surface area contributed by atoms with Crippen molar-refractivity contribution in [2.45, 2.75) is 70.3 Å². The molecule has 5 heteroatoms. The van der Waals surface area contributed by atoms with E-state index in [1.807, 2.05) is 14.8 Å². The summed E-state index contributed by atoms with van der Waals surface area (Å²) in [5, 5.41) is 10.2. The second-order valence-electron chi connectivity index (χ2n) is 5.68. The first kappa shape index (κ1) is 17.0. The zero-order valence-corrected chi connectivity index (χ0v) is 12.9. The Morgan fingerprint density at radius 2 is 1.84 bits per heavy atom. The molecule has 19 heavy (non-hydrogen) atoms. The van der Waals surface area contributed by atoms with Crippen LogP contribution in [0.4, 0.5) is 0 Å². The van der Waals surface area contributed by atoms with Crippen LogP contribution in [0, 0.1) is 0 Å². The first-order valence-corrected chi connectivity index (χ1v) is 7.60. The molecular formula is C14H29BO4. The molecule has 0 aromatic rings. The summed E-state index contributed by atoms with van der Waals surface area (Å²) in [6.45, 7) is 8.12. The number of hydrogen-bond acceptors (Lipinski definition) is 4. The van der Waals surface area contributed by atoms with Gasteiger partial charge < -0.3 is 19.3 Å². The standard InChI is InChI=1S/C14H29BO4/c1-4-6-8-17-10-14(3)12(18-9-7-5-2)11(16)13(15)19-14/h11-13,16H,4-10,15H2,1-3H3/t11-,12?,13+,14+/m0/s1. The van der Waals surface area contributed by atoms with Gasteiger partial charge in [-0.1, -0.05) is 26.7 Å². The largest absolute Gasteiger partial charge is 0.388 e. The van der Waals surface area contributed by atoms with Gasteiger partial charge >= 0.3 is 0 Å². The summed E-state index contributed by atoms with van der Waals surface area (Å²) in [4.78, 5) is 0. The number of ether oxygens (including phenoxy) is 3. The van der Waals surface area contributed by atoms with Crippen LogP contribution in [0.15, 0.2) is 0 Å². The lowest BCUT2D eigenvalue weighted by molar-refractivity contribution is -0.126. The third-order valence-corrected chi connectivity index (χ3v) is 3.67. The van der Waals surface area contributed by atoms with Gasteiger partial charge in [0.05, 0.1) is 12.6 Å². The maximum Gasteiger partial charge on any atom is 0.142 e. The lowest BCUT2D eigenvalue weighted by Gasteiger charge is -2.31. The van der Waals surface area contributed by atoms with Gasteiger partial charge in [0.1, 0.15) is 25.7 Å². The van der Waals surface area contributed by atoms with E-state index in [1.165, 1.54) is 0 Å². The molecule has 4 atom stereocenters. The van der Waals surface area contributed by atoms with E-state index in [2.05, 4.69) is 13.8 Å². The highest BCUT2D eigenvalue weighted by atomic mass is 16.6. The maximum absolute atomic E-state index is 10.2. The molecule has 1 heterocycles. The van der Waals surface area contributed by atoms with E-state index in [0.717, 1.165) is 32.3 Å². The molecule has 4 nitrogen and oxygen atoms in total. The fraction of sp³-hybridized carbons (Fsp3) is 1.00. The topological polar surface area (TPSA) is 47.9 Å². The highest BCUT2D eigenvalue weighted by Gasteiger charge is 2.50. The second kappa shape index (κ2) is 8.25. The minimum atomic E-state index is -0.573. The van der Waals surface area contributed by atoms with Crippen LogP contribution in [0.3, 0.4) is 0 Å². The van der Waals surface area contributed by atoms with Crippen molar-refractivity contribution in [3.8, 4) is 0 Å². The highest BCUT2D eigenvalue weighted by molar-refractivity contribution is 6.11. The lowest BCUT2D eigenvalue weighted by atomic mass is 9.90. The van der Waals surface area contributed by atoms with Gasteiger partial charge in [0.2, 0.25) is 0 Å². The SMILES string of the molecule is B[C@@H]1O[C@](C)(COCCCC)C(OCCCC)[C@@H]1O. The summed E-state index contributed by atoms with van der Waals surface area (Å²) in [6, 6.07) is -0.202. The molecule has 1 aliphatic heterocycles. The monoisotopic (exact) mass is 272 g/mol. The van der Waals surface area contributed by atoms with Gasteiger partial charge in [-0.05, 0) is 19.8 Å². The molecule has 0 saturated carbocycles. The van der Waals surface area contributed by atoms with Crippen LogP contribution in [0.25, 0.3) is 0 Å². The summed E-state index contributed by atoms with van der Waals surface area (Å²) in [5.41, 5.74) is -0.541. The van der Waals surface area contributed by atoms with Crippen LogP contribution in [0.1, 0.15) is 46.5 Å². The summed E-state index contributed by atoms with van der Waals surface area (Å²) in [5.74, 6) is 0. The van der Waals surface area contributed by atoms with Crippen molar-refractivity contribution in [1.29, 1.82) is 0 Å². The van der Waals surface area contributed by atoms with E-state index in [0.29, 0.717) is 13.2 Å². The molecule has 0 radical (unpaired) electrons. The first-order chi connectivity index (χ1) is 9.05. The molecule has 1 N–H and O–H groups in total. The summed E-state index contributed by atoms with van der Waals surface area (Å²) in [6.07, 6.45) is 3.39. The van der Waals surface area contributed by atoms with Crippen molar-refractivity contribution in [3.05, 3.63) is 0 Å². The number of aliphatic hydroxyl groups is 1. The molecule has 0 amide bonds. The minimum absolute atomic E-state index is 0.202. The van der Waals surface area contributed by atoms with Gasteiger partial charge in [-0.15, -0.1) is 0 Å². The smallest absolute Gasteiger partial charge is 0.142 e. The number of rotatable bonds is 9. The number of hydrogen-bond donors (Lipinski definition) is 1. The normalized spacial score (nSPS) is 34.8. The average molecular weight is 272 g/mol. The van der Waals surface area contributed by atoms with Gasteiger partial charge in [0, 0.05) is 13.2 Å². The summed E-state index contributed by atoms with van der Waals surface area (Å²) < 4.78 is 17.4. The number of aliphatic hydroxyl groups excluding tert-OH is 1. The third-order valence-electron chi connectivity index (χ3n) is 3.67. The lowest BCUT2D eigenvalue weighted by Crippen LogP contribution is -2.46. The van der Waals surface area contributed by atoms with Crippen LogP contribution in [-0.4, -0.2) is 56.6 Å². The molecule has 1 saturated heterocycles. The van der Waals surface area contributed by atoms with Crippen molar-refractivity contribution in [2.75, 3.05) is 19.8 Å². The molecule has 0 bridgehead atoms. The van der Waals surface area contributed by atoms with E-state index >= 15 is 0 Å². The third kappa shape index (κ3) is 4.74. The fourth-order valence-corrected chi connectivity index (χ4v) is 2.44. The van der Waals surface area contributed by atoms with Gasteiger partial charge in [-0.25, -0.2) is 0 Å². The molecule has 0 aromatic heterocycles. The van der Waals surface area contributed by atoms with Crippen LogP contribution in [-0.2, 0) is 14.2 Å². The van der Waals surface area contributed by atoms with Crippen molar-refractivity contribution in [2.24, 2.45) is 0 Å². The van der Waals surface area contributed by atoms with Crippen molar-refractivity contribution in [1.82, 2.24) is 0 Å². The second-order valence-corrected chi connectivity index (χ2v) is 5.68. The van der Waals surface area contributed by atoms with Gasteiger partial charge in [-0.3, -0.25) is 0 Å². The van der Waals surface area contributed by atoms with Crippen molar-refractivity contribution < 1.29 is 19.3 Å². The molecule has 1 aliphatic rings. The maximum atomic E-state index is 10.2. The molecule has 1 rings (SSSR count). The zero-order valence-electron chi connectivity index (χ0n) is 12.9. The minimum Gasteiger partial charge on any atom is -0.388 e. The Hall–Kier alpha value is -0.0951. The summed E-state index contributed by atoms with van der Waals surface area (Å²) >= 11 is 0. The Morgan fingerprint density at radius 3 is 2.47 bits per heavy atom. The Balaban J connectivity index is 2.50. The average Bonchev–Trinajstić information content (AvgIpc) is 2.59. The Bertz CT molecular complexity index is 252. The van der Waals surface area contributed by atoms with E-state index in [1.54, 1.807) is 0 Å². The first-order valence-electron chi connectivity index (χ1n) is 7.60. The van der Waals surface area contributed by atoms with Gasteiger partial charge in [0.15, 0.2) is 0 Å². The van der Waals surface area contributed by atoms with Gasteiger partial charge in [0.25, 0.3) is 0 Å². The van der Waals surface area contributed by atoms with Crippen LogP contribution in [0.2, 0.25) is 0 Å². The summed E-state index contributed by atoms with van der Waals surface area (Å²) in [7, 11) is 1.89. The van der Waals surface area contributed by atoms with Gasteiger partial charge in [-0.2, -0.15) is 0 Å². The molecule has 0 aromatic carbocycles. The van der Waals surface area contributed by atoms with Crippen LogP contribution >= 0.6 is 0 Å². The predicted molar refractivity (Wildman–Crippen MR) is 78.2 cm³/mol. The van der Waals surface area contributed by atoms with Crippen LogP contribution < -0.4 is 0 Å². The van der Waals surface area contributed by atoms with E-state index in [9.17, 15) is 5.11 Å². The molecule has 112 valence electrons. The Kier molecular flexibility index (Phi) is 7.36. The van der Waals surface area contributed by atoms with E-state index in [4.69, 9.17) is 14.2 Å². The van der Waals surface area contributed by atoms with E-state index < -0.39 is 11.7 Å². The molecule has 1 unspecified atom stereocenters. The predicted octanol–water partition coefficient (Wildman–Crippen LogP) is 1.10. The molecule has 0 spiro atoms. The zero-order chi connectivity index (χ0) is 14.3. The van der Waals surface area contributed by atoms with Crippen molar-refractivity contribution >= 4 is 7.85 Å². The van der Waals surface area contributed by atoms with E-state index in [-0.39, 0.29) is 12.1 Å².